The quantitative estimate of drug-likeness (QED) is 0.761. The Labute approximate surface area is 85.0 Å². The fourth-order valence-corrected chi connectivity index (χ4v) is 2.12. The molecule has 2 nitrogen and oxygen atoms in total. The third-order valence-corrected chi connectivity index (χ3v) is 2.82. The summed E-state index contributed by atoms with van der Waals surface area (Å²) in [5.74, 6) is 0. The van der Waals surface area contributed by atoms with Crippen LogP contribution < -0.4 is 5.32 Å². The summed E-state index contributed by atoms with van der Waals surface area (Å²) >= 11 is 0. The molecule has 0 saturated heterocycles. The molecule has 0 heterocycles. The molecule has 0 saturated carbocycles. The summed E-state index contributed by atoms with van der Waals surface area (Å²) < 4.78 is 0. The first-order chi connectivity index (χ1) is 6.83. The van der Waals surface area contributed by atoms with Crippen LogP contribution in [0.1, 0.15) is 30.5 Å². The lowest BCUT2D eigenvalue weighted by Gasteiger charge is -2.17. The summed E-state index contributed by atoms with van der Waals surface area (Å²) in [6.07, 6.45) is 1.64. The van der Waals surface area contributed by atoms with Crippen molar-refractivity contribution in [1.82, 2.24) is 5.32 Å². The molecule has 76 valence electrons. The Hall–Kier alpha value is -0.860. The molecular formula is C12H17NO. The van der Waals surface area contributed by atoms with Crippen LogP contribution >= 0.6 is 0 Å². The number of rotatable bonds is 3. The van der Waals surface area contributed by atoms with E-state index in [1.54, 1.807) is 0 Å². The van der Waals surface area contributed by atoms with Crippen molar-refractivity contribution in [1.29, 1.82) is 0 Å². The highest BCUT2D eigenvalue weighted by Gasteiger charge is 2.29. The Bertz CT molecular complexity index is 311. The first-order valence-corrected chi connectivity index (χ1v) is 5.32. The number of hydrogen-bond acceptors (Lipinski definition) is 2. The standard InChI is InChI=1S/C12H17NO/c1-2-7-13-12-10-6-4-3-5-9(10)8-11(12)14/h3-6,11-14H,2,7-8H2,1H3/t11-,12-/m1/s1. The minimum Gasteiger partial charge on any atom is -0.391 e. The highest BCUT2D eigenvalue weighted by molar-refractivity contribution is 5.36. The van der Waals surface area contributed by atoms with Gasteiger partial charge in [0.05, 0.1) is 12.1 Å². The van der Waals surface area contributed by atoms with Crippen LogP contribution in [0.15, 0.2) is 24.3 Å². The predicted molar refractivity (Wildman–Crippen MR) is 57.2 cm³/mol. The zero-order chi connectivity index (χ0) is 9.97. The molecule has 0 fully saturated rings. The van der Waals surface area contributed by atoms with Gasteiger partial charge in [-0.1, -0.05) is 31.2 Å². The monoisotopic (exact) mass is 191 g/mol. The van der Waals surface area contributed by atoms with E-state index < -0.39 is 0 Å². The molecular weight excluding hydrogens is 174 g/mol. The van der Waals surface area contributed by atoms with E-state index >= 15 is 0 Å². The second-order valence-corrected chi connectivity index (χ2v) is 3.90. The summed E-state index contributed by atoms with van der Waals surface area (Å²) in [5.41, 5.74) is 2.56. The van der Waals surface area contributed by atoms with Crippen molar-refractivity contribution in [2.45, 2.75) is 31.9 Å². The Balaban J connectivity index is 2.17. The van der Waals surface area contributed by atoms with E-state index in [4.69, 9.17) is 0 Å². The smallest absolute Gasteiger partial charge is 0.0775 e. The molecule has 2 N–H and O–H groups in total. The van der Waals surface area contributed by atoms with Crippen molar-refractivity contribution < 1.29 is 5.11 Å². The Kier molecular flexibility index (Phi) is 2.85. The van der Waals surface area contributed by atoms with Crippen LogP contribution in [0.3, 0.4) is 0 Å². The van der Waals surface area contributed by atoms with Crippen LogP contribution in [-0.2, 0) is 6.42 Å². The fourth-order valence-electron chi connectivity index (χ4n) is 2.12. The summed E-state index contributed by atoms with van der Waals surface area (Å²) in [7, 11) is 0. The number of aliphatic hydroxyl groups is 1. The molecule has 2 rings (SSSR count). The van der Waals surface area contributed by atoms with Crippen molar-refractivity contribution in [3.63, 3.8) is 0 Å². The van der Waals surface area contributed by atoms with Gasteiger partial charge in [0.15, 0.2) is 0 Å². The molecule has 0 bridgehead atoms. The molecule has 0 radical (unpaired) electrons. The maximum absolute atomic E-state index is 9.87. The van der Waals surface area contributed by atoms with E-state index in [0.29, 0.717) is 0 Å². The van der Waals surface area contributed by atoms with Gasteiger partial charge in [0.2, 0.25) is 0 Å². The van der Waals surface area contributed by atoms with Gasteiger partial charge in [-0.3, -0.25) is 0 Å². The van der Waals surface area contributed by atoms with Crippen molar-refractivity contribution in [3.05, 3.63) is 35.4 Å². The Morgan fingerprint density at radius 3 is 3.00 bits per heavy atom. The normalized spacial score (nSPS) is 25.0. The molecule has 0 spiro atoms. The van der Waals surface area contributed by atoms with E-state index in [1.807, 2.05) is 12.1 Å². The second-order valence-electron chi connectivity index (χ2n) is 3.90. The van der Waals surface area contributed by atoms with Crippen molar-refractivity contribution in [2.24, 2.45) is 0 Å². The lowest BCUT2D eigenvalue weighted by molar-refractivity contribution is 0.141. The maximum Gasteiger partial charge on any atom is 0.0775 e. The highest BCUT2D eigenvalue weighted by atomic mass is 16.3. The van der Waals surface area contributed by atoms with E-state index in [2.05, 4.69) is 24.4 Å². The average Bonchev–Trinajstić information content (AvgIpc) is 2.51. The van der Waals surface area contributed by atoms with Crippen LogP contribution in [-0.4, -0.2) is 17.8 Å². The van der Waals surface area contributed by atoms with Crippen molar-refractivity contribution in [2.75, 3.05) is 6.54 Å². The van der Waals surface area contributed by atoms with Crippen LogP contribution in [0.25, 0.3) is 0 Å². The van der Waals surface area contributed by atoms with Crippen molar-refractivity contribution in [3.8, 4) is 0 Å². The third kappa shape index (κ3) is 1.68. The summed E-state index contributed by atoms with van der Waals surface area (Å²) in [4.78, 5) is 0. The fraction of sp³-hybridized carbons (Fsp3) is 0.500. The Morgan fingerprint density at radius 2 is 2.21 bits per heavy atom. The molecule has 1 aliphatic rings. The Morgan fingerprint density at radius 1 is 1.43 bits per heavy atom. The highest BCUT2D eigenvalue weighted by Crippen LogP contribution is 2.30. The lowest BCUT2D eigenvalue weighted by atomic mass is 10.1. The topological polar surface area (TPSA) is 32.3 Å². The van der Waals surface area contributed by atoms with E-state index in [9.17, 15) is 5.11 Å². The average molecular weight is 191 g/mol. The predicted octanol–water partition coefficient (Wildman–Crippen LogP) is 1.64. The summed E-state index contributed by atoms with van der Waals surface area (Å²) in [5, 5.41) is 13.3. The molecule has 2 heteroatoms. The maximum atomic E-state index is 9.87. The van der Waals surface area contributed by atoms with Gasteiger partial charge in [0.25, 0.3) is 0 Å². The van der Waals surface area contributed by atoms with Crippen LogP contribution in [0.4, 0.5) is 0 Å². The second kappa shape index (κ2) is 4.11. The molecule has 0 amide bonds. The third-order valence-electron chi connectivity index (χ3n) is 2.82. The molecule has 14 heavy (non-hydrogen) atoms. The zero-order valence-corrected chi connectivity index (χ0v) is 8.53. The molecule has 2 atom stereocenters. The van der Waals surface area contributed by atoms with Crippen molar-refractivity contribution >= 4 is 0 Å². The zero-order valence-electron chi connectivity index (χ0n) is 8.53. The van der Waals surface area contributed by atoms with E-state index in [0.717, 1.165) is 19.4 Å². The van der Waals surface area contributed by atoms with Crippen LogP contribution in [0.2, 0.25) is 0 Å². The lowest BCUT2D eigenvalue weighted by Crippen LogP contribution is -2.29. The molecule has 1 aromatic carbocycles. The summed E-state index contributed by atoms with van der Waals surface area (Å²) in [6, 6.07) is 8.43. The van der Waals surface area contributed by atoms with Gasteiger partial charge in [0.1, 0.15) is 0 Å². The van der Waals surface area contributed by atoms with Crippen LogP contribution in [0.5, 0.6) is 0 Å². The molecule has 1 aliphatic carbocycles. The van der Waals surface area contributed by atoms with Crippen LogP contribution in [0, 0.1) is 0 Å². The first kappa shape index (κ1) is 9.69. The van der Waals surface area contributed by atoms with Gasteiger partial charge >= 0.3 is 0 Å². The van der Waals surface area contributed by atoms with Gasteiger partial charge in [-0.2, -0.15) is 0 Å². The number of benzene rings is 1. The number of hydrogen-bond donors (Lipinski definition) is 2. The largest absolute Gasteiger partial charge is 0.391 e. The van der Waals surface area contributed by atoms with E-state index in [-0.39, 0.29) is 12.1 Å². The first-order valence-electron chi connectivity index (χ1n) is 5.32. The molecule has 0 aliphatic heterocycles. The van der Waals surface area contributed by atoms with Gasteiger partial charge < -0.3 is 10.4 Å². The number of nitrogens with one attached hydrogen (secondary N) is 1. The SMILES string of the molecule is CCCN[C@@H]1c2ccccc2C[C@H]1O. The minimum absolute atomic E-state index is 0.145. The van der Waals surface area contributed by atoms with Gasteiger partial charge in [0, 0.05) is 6.42 Å². The summed E-state index contributed by atoms with van der Waals surface area (Å²) in [6.45, 7) is 3.11. The van der Waals surface area contributed by atoms with E-state index in [1.165, 1.54) is 11.1 Å². The number of aliphatic hydroxyl groups excluding tert-OH is 1. The minimum atomic E-state index is -0.251. The molecule has 0 unspecified atom stereocenters. The van der Waals surface area contributed by atoms with Gasteiger partial charge in [-0.05, 0) is 24.1 Å². The molecule has 0 aromatic heterocycles. The molecule has 1 aromatic rings. The number of fused-ring (bicyclic) bond motifs is 1. The van der Waals surface area contributed by atoms with Gasteiger partial charge in [-0.15, -0.1) is 0 Å². The van der Waals surface area contributed by atoms with Gasteiger partial charge in [-0.25, -0.2) is 0 Å².